The summed E-state index contributed by atoms with van der Waals surface area (Å²) in [5.41, 5.74) is 0.689. The molecule has 2 rings (SSSR count). The Kier molecular flexibility index (Phi) is 4.03. The predicted octanol–water partition coefficient (Wildman–Crippen LogP) is 2.75. The third-order valence-electron chi connectivity index (χ3n) is 3.28. The van der Waals surface area contributed by atoms with Crippen molar-refractivity contribution in [1.82, 2.24) is 0 Å². The summed E-state index contributed by atoms with van der Waals surface area (Å²) in [6, 6.07) is 12.9. The fraction of sp³-hybridized carbons (Fsp3) is 0.250. The first kappa shape index (κ1) is 14.1. The molecule has 0 bridgehead atoms. The van der Waals surface area contributed by atoms with Crippen molar-refractivity contribution in [2.75, 3.05) is 12.0 Å². The van der Waals surface area contributed by atoms with E-state index in [0.29, 0.717) is 5.69 Å². The molecule has 0 saturated heterocycles. The molecule has 0 aliphatic carbocycles. The van der Waals surface area contributed by atoms with Gasteiger partial charge in [-0.05, 0) is 29.8 Å². The van der Waals surface area contributed by atoms with E-state index in [2.05, 4.69) is 0 Å². The highest BCUT2D eigenvalue weighted by Gasteiger charge is 2.25. The molecule has 0 unspecified atom stereocenters. The van der Waals surface area contributed by atoms with Crippen molar-refractivity contribution in [2.24, 2.45) is 0 Å². The molecule has 20 heavy (non-hydrogen) atoms. The van der Waals surface area contributed by atoms with Crippen LogP contribution in [-0.4, -0.2) is 25.0 Å². The van der Waals surface area contributed by atoms with Crippen molar-refractivity contribution >= 4 is 28.3 Å². The van der Waals surface area contributed by atoms with Gasteiger partial charge in [-0.1, -0.05) is 30.3 Å². The molecular weight excluding hydrogens is 254 g/mol. The zero-order valence-corrected chi connectivity index (χ0v) is 11.8. The van der Waals surface area contributed by atoms with E-state index in [-0.39, 0.29) is 5.91 Å². The first-order valence-electron chi connectivity index (χ1n) is 6.41. The van der Waals surface area contributed by atoms with Crippen LogP contribution in [0.5, 0.6) is 0 Å². The topological polar surface area (TPSA) is 46.6 Å². The Balaban J connectivity index is 2.46. The lowest BCUT2D eigenvalue weighted by atomic mass is 10.1. The molecule has 4 heteroatoms. The van der Waals surface area contributed by atoms with E-state index in [9.17, 15) is 9.59 Å². The van der Waals surface area contributed by atoms with Crippen LogP contribution in [0.3, 0.4) is 0 Å². The molecule has 0 aliphatic heterocycles. The van der Waals surface area contributed by atoms with E-state index in [4.69, 9.17) is 4.74 Å². The van der Waals surface area contributed by atoms with Gasteiger partial charge < -0.3 is 4.74 Å². The van der Waals surface area contributed by atoms with Crippen LogP contribution in [0.25, 0.3) is 10.8 Å². The normalized spacial score (nSPS) is 11.9. The molecule has 0 aliphatic rings. The highest BCUT2D eigenvalue weighted by Crippen LogP contribution is 2.24. The van der Waals surface area contributed by atoms with Crippen molar-refractivity contribution in [1.29, 1.82) is 0 Å². The average Bonchev–Trinajstić information content (AvgIpc) is 2.46. The standard InChI is InChI=1S/C16H17NO3/c1-11(16(19)20-3)17(12(2)18)15-9-8-13-6-4-5-7-14(13)10-15/h4-11H,1-3H3/t11-/m0/s1. The molecule has 0 spiro atoms. The average molecular weight is 271 g/mol. The number of rotatable bonds is 3. The number of hydrogen-bond donors (Lipinski definition) is 0. The Bertz CT molecular complexity index is 651. The number of carbonyl (C=O) groups excluding carboxylic acids is 2. The van der Waals surface area contributed by atoms with E-state index >= 15 is 0 Å². The highest BCUT2D eigenvalue weighted by molar-refractivity contribution is 6.00. The minimum Gasteiger partial charge on any atom is -0.467 e. The lowest BCUT2D eigenvalue weighted by Crippen LogP contribution is -2.42. The molecule has 4 nitrogen and oxygen atoms in total. The SMILES string of the molecule is COC(=O)[C@H](C)N(C(C)=O)c1ccc2ccccc2c1. The van der Waals surface area contributed by atoms with Gasteiger partial charge in [0.15, 0.2) is 0 Å². The van der Waals surface area contributed by atoms with Crippen molar-refractivity contribution in [3.63, 3.8) is 0 Å². The van der Waals surface area contributed by atoms with Gasteiger partial charge in [0.1, 0.15) is 6.04 Å². The van der Waals surface area contributed by atoms with Gasteiger partial charge in [0.05, 0.1) is 7.11 Å². The molecule has 104 valence electrons. The van der Waals surface area contributed by atoms with E-state index in [1.54, 1.807) is 6.92 Å². The van der Waals surface area contributed by atoms with Gasteiger partial charge in [0.25, 0.3) is 0 Å². The summed E-state index contributed by atoms with van der Waals surface area (Å²) in [6.07, 6.45) is 0. The van der Waals surface area contributed by atoms with Crippen LogP contribution in [0.4, 0.5) is 5.69 Å². The minimum absolute atomic E-state index is 0.196. The highest BCUT2D eigenvalue weighted by atomic mass is 16.5. The van der Waals surface area contributed by atoms with E-state index in [0.717, 1.165) is 10.8 Å². The zero-order valence-electron chi connectivity index (χ0n) is 11.8. The van der Waals surface area contributed by atoms with Crippen molar-refractivity contribution in [3.05, 3.63) is 42.5 Å². The third-order valence-corrected chi connectivity index (χ3v) is 3.28. The first-order chi connectivity index (χ1) is 9.54. The maximum absolute atomic E-state index is 11.9. The van der Waals surface area contributed by atoms with Gasteiger partial charge >= 0.3 is 5.97 Å². The van der Waals surface area contributed by atoms with Crippen molar-refractivity contribution in [2.45, 2.75) is 19.9 Å². The van der Waals surface area contributed by atoms with Gasteiger partial charge in [-0.3, -0.25) is 9.69 Å². The van der Waals surface area contributed by atoms with Crippen LogP contribution in [0.1, 0.15) is 13.8 Å². The Morgan fingerprint density at radius 1 is 1.10 bits per heavy atom. The molecule has 0 saturated carbocycles. The first-order valence-corrected chi connectivity index (χ1v) is 6.41. The Morgan fingerprint density at radius 3 is 2.35 bits per heavy atom. The van der Waals surface area contributed by atoms with Crippen molar-refractivity contribution in [3.8, 4) is 0 Å². The van der Waals surface area contributed by atoms with Gasteiger partial charge in [-0.25, -0.2) is 4.79 Å². The number of anilines is 1. The monoisotopic (exact) mass is 271 g/mol. The molecule has 2 aromatic carbocycles. The summed E-state index contributed by atoms with van der Waals surface area (Å²) in [6.45, 7) is 3.09. The van der Waals surface area contributed by atoms with E-state index in [1.165, 1.54) is 18.9 Å². The smallest absolute Gasteiger partial charge is 0.328 e. The maximum atomic E-state index is 11.9. The molecule has 0 aromatic heterocycles. The number of amides is 1. The molecule has 0 radical (unpaired) electrons. The van der Waals surface area contributed by atoms with Crippen LogP contribution in [-0.2, 0) is 14.3 Å². The summed E-state index contributed by atoms with van der Waals surface area (Å²) >= 11 is 0. The Labute approximate surface area is 117 Å². The predicted molar refractivity (Wildman–Crippen MR) is 78.6 cm³/mol. The lowest BCUT2D eigenvalue weighted by Gasteiger charge is -2.26. The number of ether oxygens (including phenoxy) is 1. The molecular formula is C16H17NO3. The number of esters is 1. The van der Waals surface area contributed by atoms with Gasteiger partial charge in [0.2, 0.25) is 5.91 Å². The molecule has 2 aromatic rings. The van der Waals surface area contributed by atoms with E-state index < -0.39 is 12.0 Å². The fourth-order valence-corrected chi connectivity index (χ4v) is 2.28. The third kappa shape index (κ3) is 2.64. The fourth-order valence-electron chi connectivity index (χ4n) is 2.28. The largest absolute Gasteiger partial charge is 0.467 e. The summed E-state index contributed by atoms with van der Waals surface area (Å²) in [7, 11) is 1.32. The lowest BCUT2D eigenvalue weighted by molar-refractivity contribution is -0.142. The minimum atomic E-state index is -0.654. The quantitative estimate of drug-likeness (QED) is 0.806. The summed E-state index contributed by atoms with van der Waals surface area (Å²) < 4.78 is 4.72. The summed E-state index contributed by atoms with van der Waals surface area (Å²) in [4.78, 5) is 25.0. The Morgan fingerprint density at radius 2 is 1.75 bits per heavy atom. The number of nitrogens with zero attached hydrogens (tertiary/aromatic N) is 1. The molecule has 0 fully saturated rings. The van der Waals surface area contributed by atoms with Crippen LogP contribution >= 0.6 is 0 Å². The molecule has 1 atom stereocenters. The molecule has 0 heterocycles. The van der Waals surface area contributed by atoms with Gasteiger partial charge in [-0.15, -0.1) is 0 Å². The van der Waals surface area contributed by atoms with Crippen molar-refractivity contribution < 1.29 is 14.3 Å². The number of carbonyl (C=O) groups is 2. The number of hydrogen-bond acceptors (Lipinski definition) is 3. The van der Waals surface area contributed by atoms with Crippen LogP contribution < -0.4 is 4.90 Å². The number of fused-ring (bicyclic) bond motifs is 1. The van der Waals surface area contributed by atoms with Crippen LogP contribution in [0.2, 0.25) is 0 Å². The van der Waals surface area contributed by atoms with Gasteiger partial charge in [-0.2, -0.15) is 0 Å². The van der Waals surface area contributed by atoms with E-state index in [1.807, 2.05) is 42.5 Å². The molecule has 1 amide bonds. The second kappa shape index (κ2) is 5.74. The number of methoxy groups -OCH3 is 1. The summed E-state index contributed by atoms with van der Waals surface area (Å²) in [5, 5.41) is 2.11. The number of benzene rings is 2. The van der Waals surface area contributed by atoms with Crippen LogP contribution in [0.15, 0.2) is 42.5 Å². The Hall–Kier alpha value is -2.36. The second-order valence-electron chi connectivity index (χ2n) is 4.62. The van der Waals surface area contributed by atoms with Gasteiger partial charge in [0, 0.05) is 12.6 Å². The maximum Gasteiger partial charge on any atom is 0.328 e. The zero-order chi connectivity index (χ0) is 14.7. The van der Waals surface area contributed by atoms with Crippen LogP contribution in [0, 0.1) is 0 Å². The summed E-state index contributed by atoms with van der Waals surface area (Å²) in [5.74, 6) is -0.633. The second-order valence-corrected chi connectivity index (χ2v) is 4.62. The molecule has 0 N–H and O–H groups in total.